The molecule has 0 aromatic carbocycles. The number of unbranched alkanes of at least 4 members (excludes halogenated alkanes) is 1. The van der Waals surface area contributed by atoms with Gasteiger partial charge in [-0.15, -0.1) is 0 Å². The van der Waals surface area contributed by atoms with Gasteiger partial charge in [-0.1, -0.05) is 39.0 Å². The number of nitrogens with two attached hydrogens (primary N) is 1. The fourth-order valence-electron chi connectivity index (χ4n) is 3.40. The number of hydrogen-bond acceptors (Lipinski definition) is 7. The normalized spacial score (nSPS) is 11.2. The fraction of sp³-hybridized carbons (Fsp3) is 0.571. The van der Waals surface area contributed by atoms with Crippen LogP contribution in [0.2, 0.25) is 0 Å². The zero-order valence-electron chi connectivity index (χ0n) is 19.3. The van der Waals surface area contributed by atoms with Crippen LogP contribution in [0.25, 0.3) is 0 Å². The molecule has 32 heavy (non-hydrogen) atoms. The van der Waals surface area contributed by atoms with Crippen LogP contribution < -0.4 is 27.4 Å². The minimum Gasteiger partial charge on any atom is -0.383 e. The molecule has 0 unspecified atom stereocenters. The number of carbonyl (C=O) groups excluding carboxylic acids is 1. The van der Waals surface area contributed by atoms with Crippen molar-refractivity contribution in [2.45, 2.75) is 65.1 Å². The SMILES string of the molecule is CCCCn1c(N)c(N(CC(C)C)C(=O)CCc2c(C)nc(SC)[nH]c2=O)c(=O)[nH]c1=O. The maximum absolute atomic E-state index is 13.2. The van der Waals surface area contributed by atoms with Gasteiger partial charge in [-0.25, -0.2) is 9.78 Å². The van der Waals surface area contributed by atoms with E-state index >= 15 is 0 Å². The van der Waals surface area contributed by atoms with Gasteiger partial charge in [0.25, 0.3) is 11.1 Å². The van der Waals surface area contributed by atoms with Crippen LogP contribution in [0.5, 0.6) is 0 Å². The quantitative estimate of drug-likeness (QED) is 0.358. The highest BCUT2D eigenvalue weighted by Crippen LogP contribution is 2.20. The second-order valence-corrected chi connectivity index (χ2v) is 8.83. The lowest BCUT2D eigenvalue weighted by molar-refractivity contribution is -0.118. The number of hydrogen-bond donors (Lipinski definition) is 3. The first kappa shape index (κ1) is 25.4. The molecule has 0 bridgehead atoms. The zero-order valence-corrected chi connectivity index (χ0v) is 20.1. The van der Waals surface area contributed by atoms with Crippen LogP contribution in [-0.2, 0) is 17.8 Å². The van der Waals surface area contributed by atoms with Gasteiger partial charge in [0.05, 0.1) is 0 Å². The van der Waals surface area contributed by atoms with Gasteiger partial charge < -0.3 is 15.6 Å². The van der Waals surface area contributed by atoms with Crippen molar-refractivity contribution in [3.8, 4) is 0 Å². The van der Waals surface area contributed by atoms with E-state index in [1.54, 1.807) is 6.92 Å². The number of aromatic nitrogens is 4. The standard InChI is InChI=1S/C21H32N6O4S/c1-6-7-10-26-17(22)16(19(30)25-21(26)31)27(11-12(2)3)15(28)9-8-14-13(4)23-20(32-5)24-18(14)29/h12H,6-11,22H2,1-5H3,(H,23,24,29)(H,25,30,31). The number of nitrogens with zero attached hydrogens (tertiary/aromatic N) is 3. The first-order valence-electron chi connectivity index (χ1n) is 10.7. The third kappa shape index (κ3) is 5.90. The maximum Gasteiger partial charge on any atom is 0.330 e. The molecule has 2 aromatic rings. The largest absolute Gasteiger partial charge is 0.383 e. The first-order valence-corrected chi connectivity index (χ1v) is 11.9. The molecule has 2 aromatic heterocycles. The fourth-order valence-corrected chi connectivity index (χ4v) is 3.82. The van der Waals surface area contributed by atoms with Gasteiger partial charge in [-0.05, 0) is 31.9 Å². The second kappa shape index (κ2) is 11.2. The molecule has 4 N–H and O–H groups in total. The van der Waals surface area contributed by atoms with E-state index in [0.717, 1.165) is 6.42 Å². The van der Waals surface area contributed by atoms with E-state index in [1.807, 2.05) is 27.0 Å². The summed E-state index contributed by atoms with van der Waals surface area (Å²) in [6.45, 7) is 8.13. The van der Waals surface area contributed by atoms with Gasteiger partial charge in [-0.3, -0.25) is 23.9 Å². The van der Waals surface area contributed by atoms with E-state index in [0.29, 0.717) is 29.4 Å². The number of amides is 1. The van der Waals surface area contributed by atoms with Gasteiger partial charge in [-0.2, -0.15) is 0 Å². The number of aromatic amines is 2. The van der Waals surface area contributed by atoms with Gasteiger partial charge in [0.15, 0.2) is 10.8 Å². The number of thioether (sulfide) groups is 1. The Morgan fingerprint density at radius 1 is 1.22 bits per heavy atom. The van der Waals surface area contributed by atoms with Crippen LogP contribution >= 0.6 is 11.8 Å². The van der Waals surface area contributed by atoms with Crippen LogP contribution in [0.1, 0.15) is 51.3 Å². The van der Waals surface area contributed by atoms with Crippen molar-refractivity contribution in [2.24, 2.45) is 5.92 Å². The summed E-state index contributed by atoms with van der Waals surface area (Å²) in [5.41, 5.74) is 5.60. The Morgan fingerprint density at radius 2 is 1.91 bits per heavy atom. The molecule has 2 heterocycles. The molecule has 0 aliphatic heterocycles. The molecule has 0 saturated heterocycles. The van der Waals surface area contributed by atoms with E-state index in [2.05, 4.69) is 15.0 Å². The summed E-state index contributed by atoms with van der Waals surface area (Å²) < 4.78 is 1.29. The summed E-state index contributed by atoms with van der Waals surface area (Å²) in [4.78, 5) is 61.1. The highest BCUT2D eigenvalue weighted by atomic mass is 32.2. The molecule has 10 nitrogen and oxygen atoms in total. The van der Waals surface area contributed by atoms with Crippen LogP contribution in [-0.4, -0.2) is 38.2 Å². The van der Waals surface area contributed by atoms with Crippen LogP contribution in [0.3, 0.4) is 0 Å². The lowest BCUT2D eigenvalue weighted by Gasteiger charge is -2.26. The Kier molecular flexibility index (Phi) is 8.88. The number of rotatable bonds is 10. The smallest absolute Gasteiger partial charge is 0.330 e. The van der Waals surface area contributed by atoms with E-state index < -0.39 is 11.2 Å². The van der Waals surface area contributed by atoms with E-state index in [1.165, 1.54) is 21.2 Å². The maximum atomic E-state index is 13.2. The molecule has 0 atom stereocenters. The molecule has 0 aliphatic carbocycles. The Labute approximate surface area is 190 Å². The Morgan fingerprint density at radius 3 is 2.47 bits per heavy atom. The van der Waals surface area contributed by atoms with Crippen LogP contribution in [0, 0.1) is 12.8 Å². The summed E-state index contributed by atoms with van der Waals surface area (Å²) in [7, 11) is 0. The summed E-state index contributed by atoms with van der Waals surface area (Å²) in [5, 5.41) is 0.512. The number of nitrogen functional groups attached to an aromatic ring is 1. The lowest BCUT2D eigenvalue weighted by atomic mass is 10.1. The van der Waals surface area contributed by atoms with Crippen molar-refractivity contribution in [2.75, 3.05) is 23.4 Å². The van der Waals surface area contributed by atoms with Crippen LogP contribution in [0.15, 0.2) is 19.5 Å². The molecule has 1 amide bonds. The lowest BCUT2D eigenvalue weighted by Crippen LogP contribution is -2.43. The number of anilines is 2. The first-order chi connectivity index (χ1) is 15.1. The Hall–Kier alpha value is -2.82. The summed E-state index contributed by atoms with van der Waals surface area (Å²) >= 11 is 1.33. The minimum absolute atomic E-state index is 0.0100. The predicted octanol–water partition coefficient (Wildman–Crippen LogP) is 1.65. The minimum atomic E-state index is -0.700. The van der Waals surface area contributed by atoms with Crippen LogP contribution in [0.4, 0.5) is 11.5 Å². The van der Waals surface area contributed by atoms with E-state index in [4.69, 9.17) is 5.73 Å². The van der Waals surface area contributed by atoms with E-state index in [9.17, 15) is 19.2 Å². The molecule has 176 valence electrons. The van der Waals surface area contributed by atoms with Crippen molar-refractivity contribution < 1.29 is 4.79 Å². The molecule has 0 radical (unpaired) electrons. The number of aryl methyl sites for hydroxylation is 1. The Bertz CT molecular complexity index is 1130. The average Bonchev–Trinajstić information content (AvgIpc) is 2.71. The predicted molar refractivity (Wildman–Crippen MR) is 128 cm³/mol. The number of carbonyl (C=O) groups is 1. The highest BCUT2D eigenvalue weighted by Gasteiger charge is 2.25. The average molecular weight is 465 g/mol. The third-order valence-corrected chi connectivity index (χ3v) is 5.63. The molecule has 11 heteroatoms. The number of nitrogens with one attached hydrogen (secondary N) is 2. The van der Waals surface area contributed by atoms with Crippen molar-refractivity contribution in [1.82, 2.24) is 19.5 Å². The van der Waals surface area contributed by atoms with Crippen molar-refractivity contribution in [3.63, 3.8) is 0 Å². The van der Waals surface area contributed by atoms with Gasteiger partial charge >= 0.3 is 5.69 Å². The highest BCUT2D eigenvalue weighted by molar-refractivity contribution is 7.98. The van der Waals surface area contributed by atoms with Gasteiger partial charge in [0.2, 0.25) is 5.91 Å². The molecular formula is C21H32N6O4S. The third-order valence-electron chi connectivity index (χ3n) is 5.05. The molecule has 2 rings (SSSR count). The molecule has 0 saturated carbocycles. The summed E-state index contributed by atoms with van der Waals surface area (Å²) in [6.07, 6.45) is 3.51. The van der Waals surface area contributed by atoms with E-state index in [-0.39, 0.29) is 48.3 Å². The summed E-state index contributed by atoms with van der Waals surface area (Å²) in [6, 6.07) is 0. The summed E-state index contributed by atoms with van der Waals surface area (Å²) in [5.74, 6) is -0.341. The van der Waals surface area contributed by atoms with Gasteiger partial charge in [0, 0.05) is 30.8 Å². The van der Waals surface area contributed by atoms with Crippen molar-refractivity contribution in [1.29, 1.82) is 0 Å². The zero-order chi connectivity index (χ0) is 24.0. The second-order valence-electron chi connectivity index (χ2n) is 8.04. The molecule has 0 aliphatic rings. The molecule has 0 spiro atoms. The van der Waals surface area contributed by atoms with Gasteiger partial charge in [0.1, 0.15) is 5.82 Å². The Balaban J connectivity index is 2.41. The topological polar surface area (TPSA) is 147 Å². The molecular weight excluding hydrogens is 432 g/mol. The monoisotopic (exact) mass is 464 g/mol. The number of H-pyrrole nitrogens is 2. The van der Waals surface area contributed by atoms with Crippen molar-refractivity contribution >= 4 is 29.2 Å². The van der Waals surface area contributed by atoms with Crippen molar-refractivity contribution in [3.05, 3.63) is 42.4 Å². The molecule has 0 fully saturated rings.